The number of amides is 1. The minimum Gasteiger partial charge on any atom is -0.465 e. The fourth-order valence-corrected chi connectivity index (χ4v) is 3.81. The maximum Gasteiger partial charge on any atom is 0.325 e. The first-order valence-corrected chi connectivity index (χ1v) is 10.1. The van der Waals surface area contributed by atoms with Crippen molar-refractivity contribution in [2.75, 3.05) is 18.9 Å². The van der Waals surface area contributed by atoms with E-state index in [4.69, 9.17) is 4.74 Å². The van der Waals surface area contributed by atoms with Gasteiger partial charge in [0, 0.05) is 22.7 Å². The van der Waals surface area contributed by atoms with Crippen molar-refractivity contribution in [2.45, 2.75) is 19.0 Å². The van der Waals surface area contributed by atoms with E-state index in [-0.39, 0.29) is 24.8 Å². The molecule has 0 radical (unpaired) electrons. The lowest BCUT2D eigenvalue weighted by Crippen LogP contribution is -2.31. The molecule has 0 fully saturated rings. The first kappa shape index (κ1) is 20.4. The molecule has 0 aliphatic heterocycles. The van der Waals surface area contributed by atoms with Crippen LogP contribution in [-0.2, 0) is 14.3 Å². The van der Waals surface area contributed by atoms with E-state index in [1.807, 2.05) is 41.8 Å². The Bertz CT molecular complexity index is 1100. The van der Waals surface area contributed by atoms with E-state index < -0.39 is 5.97 Å². The summed E-state index contributed by atoms with van der Waals surface area (Å²) in [5.74, 6) is -0.628. The molecule has 0 saturated carbocycles. The number of thioether (sulfide) groups is 1. The average molecular weight is 408 g/mol. The fraction of sp³-hybridized carbons (Fsp3) is 0.238. The minimum absolute atomic E-state index is 0.115. The van der Waals surface area contributed by atoms with Gasteiger partial charge in [-0.2, -0.15) is 5.26 Å². The normalized spacial score (nSPS) is 10.5. The Morgan fingerprint density at radius 3 is 2.72 bits per heavy atom. The van der Waals surface area contributed by atoms with Crippen LogP contribution in [0.5, 0.6) is 0 Å². The van der Waals surface area contributed by atoms with E-state index in [2.05, 4.69) is 16.4 Å². The Labute approximate surface area is 172 Å². The Morgan fingerprint density at radius 2 is 2.00 bits per heavy atom. The predicted octanol–water partition coefficient (Wildman–Crippen LogP) is 2.98. The van der Waals surface area contributed by atoms with Crippen LogP contribution in [0.15, 0.2) is 47.8 Å². The number of imidazole rings is 1. The molecule has 0 spiro atoms. The van der Waals surface area contributed by atoms with Crippen LogP contribution >= 0.6 is 11.8 Å². The van der Waals surface area contributed by atoms with Gasteiger partial charge in [0.1, 0.15) is 6.54 Å². The minimum atomic E-state index is -0.466. The van der Waals surface area contributed by atoms with E-state index in [1.54, 1.807) is 19.2 Å². The van der Waals surface area contributed by atoms with Crippen LogP contribution in [0.25, 0.3) is 16.5 Å². The summed E-state index contributed by atoms with van der Waals surface area (Å²) < 4.78 is 6.76. The maximum atomic E-state index is 12.1. The number of ether oxygens (including phenoxy) is 1. The monoisotopic (exact) mass is 408 g/mol. The van der Waals surface area contributed by atoms with Crippen molar-refractivity contribution in [1.29, 1.82) is 5.26 Å². The highest BCUT2D eigenvalue weighted by atomic mass is 32.2. The first-order chi connectivity index (χ1) is 14.0. The van der Waals surface area contributed by atoms with Crippen molar-refractivity contribution in [3.63, 3.8) is 0 Å². The number of carbonyl (C=O) groups is 2. The highest BCUT2D eigenvalue weighted by Gasteiger charge is 2.15. The first-order valence-electron chi connectivity index (χ1n) is 9.06. The number of aryl methyl sites for hydroxylation is 1. The number of aromatic nitrogens is 2. The van der Waals surface area contributed by atoms with Crippen LogP contribution in [0.3, 0.4) is 0 Å². The van der Waals surface area contributed by atoms with Gasteiger partial charge in [0.05, 0.1) is 29.7 Å². The summed E-state index contributed by atoms with van der Waals surface area (Å²) in [5, 5.41) is 14.4. The second-order valence-corrected chi connectivity index (χ2v) is 7.12. The number of nitrogens with one attached hydrogen (secondary N) is 1. The molecule has 3 aromatic rings. The average Bonchev–Trinajstić information content (AvgIpc) is 3.10. The summed E-state index contributed by atoms with van der Waals surface area (Å²) in [6, 6.07) is 13.6. The molecule has 3 rings (SSSR count). The Balaban J connectivity index is 1.83. The van der Waals surface area contributed by atoms with Gasteiger partial charge in [-0.25, -0.2) is 4.98 Å². The molecule has 0 aliphatic carbocycles. The number of esters is 1. The summed E-state index contributed by atoms with van der Waals surface area (Å²) in [7, 11) is 0. The summed E-state index contributed by atoms with van der Waals surface area (Å²) in [6.07, 6.45) is 1.74. The van der Waals surface area contributed by atoms with Gasteiger partial charge < -0.3 is 10.1 Å². The summed E-state index contributed by atoms with van der Waals surface area (Å²) in [4.78, 5) is 27.8. The van der Waals surface area contributed by atoms with Gasteiger partial charge in [0.15, 0.2) is 5.16 Å². The number of nitriles is 1. The molecule has 7 nitrogen and oxygen atoms in total. The summed E-state index contributed by atoms with van der Waals surface area (Å²) >= 11 is 1.28. The van der Waals surface area contributed by atoms with E-state index in [1.165, 1.54) is 11.8 Å². The van der Waals surface area contributed by atoms with Gasteiger partial charge >= 0.3 is 5.97 Å². The molecule has 1 aromatic heterocycles. The lowest BCUT2D eigenvalue weighted by Gasteiger charge is -2.13. The van der Waals surface area contributed by atoms with Crippen molar-refractivity contribution in [1.82, 2.24) is 14.9 Å². The SMILES string of the molecule is CCOC(=O)CNC(=O)CSc1ncc(C)n1-c1ccc(C#N)c2ccccc12. The quantitative estimate of drug-likeness (QED) is 0.477. The molecule has 8 heteroatoms. The highest BCUT2D eigenvalue weighted by molar-refractivity contribution is 7.99. The van der Waals surface area contributed by atoms with Crippen LogP contribution in [0.2, 0.25) is 0 Å². The molecule has 0 unspecified atom stereocenters. The van der Waals surface area contributed by atoms with Crippen LogP contribution in [-0.4, -0.2) is 40.3 Å². The fourth-order valence-electron chi connectivity index (χ4n) is 2.95. The number of fused-ring (bicyclic) bond motifs is 1. The van der Waals surface area contributed by atoms with Crippen LogP contribution in [0.1, 0.15) is 18.2 Å². The van der Waals surface area contributed by atoms with Crippen molar-refractivity contribution in [3.8, 4) is 11.8 Å². The maximum absolute atomic E-state index is 12.1. The molecule has 148 valence electrons. The number of nitrogens with zero attached hydrogens (tertiary/aromatic N) is 3. The third kappa shape index (κ3) is 4.58. The highest BCUT2D eigenvalue weighted by Crippen LogP contribution is 2.30. The predicted molar refractivity (Wildman–Crippen MR) is 111 cm³/mol. The molecule has 2 aromatic carbocycles. The molecule has 0 atom stereocenters. The number of benzene rings is 2. The topological polar surface area (TPSA) is 97.0 Å². The second-order valence-electron chi connectivity index (χ2n) is 6.18. The van der Waals surface area contributed by atoms with E-state index in [0.717, 1.165) is 22.2 Å². The van der Waals surface area contributed by atoms with Gasteiger partial charge in [-0.05, 0) is 26.0 Å². The molecule has 0 saturated heterocycles. The Morgan fingerprint density at radius 1 is 1.24 bits per heavy atom. The lowest BCUT2D eigenvalue weighted by atomic mass is 10.0. The molecule has 1 N–H and O–H groups in total. The lowest BCUT2D eigenvalue weighted by molar-refractivity contribution is -0.143. The third-order valence-corrected chi connectivity index (χ3v) is 5.19. The zero-order valence-corrected chi connectivity index (χ0v) is 17.0. The Hall–Kier alpha value is -3.31. The Kier molecular flexibility index (Phi) is 6.52. The summed E-state index contributed by atoms with van der Waals surface area (Å²) in [6.45, 7) is 3.77. The van der Waals surface area contributed by atoms with E-state index in [0.29, 0.717) is 10.7 Å². The number of hydrogen-bond acceptors (Lipinski definition) is 6. The molecular weight excluding hydrogens is 388 g/mol. The van der Waals surface area contributed by atoms with E-state index >= 15 is 0 Å². The van der Waals surface area contributed by atoms with Gasteiger partial charge in [-0.1, -0.05) is 36.0 Å². The standard InChI is InChI=1S/C21H20N4O3S/c1-3-28-20(27)12-23-19(26)13-29-21-24-11-14(2)25(21)18-9-8-15(10-22)16-6-4-5-7-17(16)18/h4-9,11H,3,12-13H2,1-2H3,(H,23,26). The number of hydrogen-bond donors (Lipinski definition) is 1. The van der Waals surface area contributed by atoms with Crippen LogP contribution < -0.4 is 5.32 Å². The van der Waals surface area contributed by atoms with Gasteiger partial charge in [0.2, 0.25) is 5.91 Å². The largest absolute Gasteiger partial charge is 0.465 e. The molecule has 1 heterocycles. The van der Waals surface area contributed by atoms with Gasteiger partial charge in [-0.15, -0.1) is 0 Å². The van der Waals surface area contributed by atoms with Crippen molar-refractivity contribution in [2.24, 2.45) is 0 Å². The molecular formula is C21H20N4O3S. The van der Waals surface area contributed by atoms with Gasteiger partial charge in [-0.3, -0.25) is 14.2 Å². The van der Waals surface area contributed by atoms with Crippen molar-refractivity contribution in [3.05, 3.63) is 53.9 Å². The zero-order chi connectivity index (χ0) is 20.8. The van der Waals surface area contributed by atoms with Crippen LogP contribution in [0, 0.1) is 18.3 Å². The number of rotatable bonds is 7. The van der Waals surface area contributed by atoms with Crippen LogP contribution in [0.4, 0.5) is 0 Å². The second kappa shape index (κ2) is 9.26. The zero-order valence-electron chi connectivity index (χ0n) is 16.1. The molecule has 29 heavy (non-hydrogen) atoms. The smallest absolute Gasteiger partial charge is 0.325 e. The summed E-state index contributed by atoms with van der Waals surface area (Å²) in [5.41, 5.74) is 2.41. The number of carbonyl (C=O) groups excluding carboxylic acids is 2. The molecule has 0 aliphatic rings. The van der Waals surface area contributed by atoms with Crippen molar-refractivity contribution < 1.29 is 14.3 Å². The molecule has 1 amide bonds. The third-order valence-electron chi connectivity index (χ3n) is 4.24. The van der Waals surface area contributed by atoms with Gasteiger partial charge in [0.25, 0.3) is 0 Å². The van der Waals surface area contributed by atoms with Crippen molar-refractivity contribution >= 4 is 34.4 Å². The molecule has 0 bridgehead atoms. The van der Waals surface area contributed by atoms with E-state index in [9.17, 15) is 14.9 Å².